The number of sulfone groups is 1. The molecule has 1 aliphatic heterocycles. The van der Waals surface area contributed by atoms with Gasteiger partial charge in [0, 0.05) is 19.2 Å². The maximum Gasteiger partial charge on any atom is 0.276 e. The summed E-state index contributed by atoms with van der Waals surface area (Å²) in [6.45, 7) is 6.44. The summed E-state index contributed by atoms with van der Waals surface area (Å²) in [6.07, 6.45) is 0.995. The summed E-state index contributed by atoms with van der Waals surface area (Å²) < 4.78 is 29.3. The van der Waals surface area contributed by atoms with Crippen molar-refractivity contribution in [2.45, 2.75) is 38.9 Å². The summed E-state index contributed by atoms with van der Waals surface area (Å²) in [5.74, 6) is 0.751. The topological polar surface area (TPSA) is 80.5 Å². The summed E-state index contributed by atoms with van der Waals surface area (Å²) in [5, 5.41) is 3.38. The minimum Gasteiger partial charge on any atom is -0.361 e. The van der Waals surface area contributed by atoms with Crippen LogP contribution in [0.1, 0.15) is 42.9 Å². The van der Waals surface area contributed by atoms with E-state index in [-0.39, 0.29) is 28.5 Å². The fraction of sp³-hybridized carbons (Fsp3) is 0.714. The van der Waals surface area contributed by atoms with E-state index in [9.17, 15) is 13.2 Å². The number of carbonyl (C=O) groups excluding carboxylic acids is 1. The predicted molar refractivity (Wildman–Crippen MR) is 78.8 cm³/mol. The van der Waals surface area contributed by atoms with Gasteiger partial charge in [0.1, 0.15) is 5.76 Å². The van der Waals surface area contributed by atoms with E-state index in [1.807, 2.05) is 13.8 Å². The molecule has 0 aliphatic carbocycles. The van der Waals surface area contributed by atoms with Crippen LogP contribution in [0.2, 0.25) is 0 Å². The predicted octanol–water partition coefficient (Wildman–Crippen LogP) is 1.66. The van der Waals surface area contributed by atoms with Crippen molar-refractivity contribution in [3.63, 3.8) is 0 Å². The van der Waals surface area contributed by atoms with Crippen molar-refractivity contribution in [1.29, 1.82) is 0 Å². The van der Waals surface area contributed by atoms with Gasteiger partial charge in [-0.05, 0) is 25.7 Å². The number of hydrogen-bond acceptors (Lipinski definition) is 5. The molecular weight excluding hydrogens is 292 g/mol. The number of likely N-dealkylation sites (tertiary alicyclic amines) is 1. The smallest absolute Gasteiger partial charge is 0.276 e. The van der Waals surface area contributed by atoms with Crippen molar-refractivity contribution >= 4 is 15.7 Å². The Labute approximate surface area is 125 Å². The van der Waals surface area contributed by atoms with E-state index >= 15 is 0 Å². The van der Waals surface area contributed by atoms with Crippen molar-refractivity contribution in [3.8, 4) is 0 Å². The van der Waals surface area contributed by atoms with Gasteiger partial charge < -0.3 is 9.42 Å². The Kier molecular flexibility index (Phi) is 4.70. The zero-order valence-electron chi connectivity index (χ0n) is 12.7. The Bertz CT molecular complexity index is 598. The van der Waals surface area contributed by atoms with Gasteiger partial charge in [-0.3, -0.25) is 4.79 Å². The molecule has 7 heteroatoms. The zero-order chi connectivity index (χ0) is 15.6. The third kappa shape index (κ3) is 3.84. The molecule has 1 saturated heterocycles. The molecule has 0 spiro atoms. The Morgan fingerprint density at radius 3 is 2.52 bits per heavy atom. The molecule has 0 N–H and O–H groups in total. The molecule has 21 heavy (non-hydrogen) atoms. The van der Waals surface area contributed by atoms with Crippen LogP contribution in [0, 0.1) is 12.8 Å². The highest BCUT2D eigenvalue weighted by atomic mass is 32.2. The highest BCUT2D eigenvalue weighted by Gasteiger charge is 2.32. The Morgan fingerprint density at radius 2 is 2.05 bits per heavy atom. The average Bonchev–Trinajstić information content (AvgIpc) is 2.83. The molecule has 1 aliphatic rings. The monoisotopic (exact) mass is 314 g/mol. The van der Waals surface area contributed by atoms with Crippen molar-refractivity contribution in [2.75, 3.05) is 18.8 Å². The minimum absolute atomic E-state index is 0.132. The highest BCUT2D eigenvalue weighted by Crippen LogP contribution is 2.21. The maximum atomic E-state index is 12.2. The second-order valence-electron chi connectivity index (χ2n) is 6.04. The molecule has 0 unspecified atom stereocenters. The average molecular weight is 314 g/mol. The number of carbonyl (C=O) groups is 1. The summed E-state index contributed by atoms with van der Waals surface area (Å²) >= 11 is 0. The summed E-state index contributed by atoms with van der Waals surface area (Å²) in [6, 6.07) is 1.60. The summed E-state index contributed by atoms with van der Waals surface area (Å²) in [5.41, 5.74) is 0.288. The standard InChI is InChI=1S/C14H22N2O4S/c1-10(2)9-21(18,19)12-4-6-16(7-5-12)14(17)13-8-11(3)20-15-13/h8,10,12H,4-7,9H2,1-3H3. The number of piperidine rings is 1. The summed E-state index contributed by atoms with van der Waals surface area (Å²) in [4.78, 5) is 13.9. The van der Waals surface area contributed by atoms with Gasteiger partial charge in [-0.2, -0.15) is 0 Å². The second-order valence-corrected chi connectivity index (χ2v) is 8.36. The number of aryl methyl sites for hydroxylation is 1. The number of rotatable bonds is 4. The highest BCUT2D eigenvalue weighted by molar-refractivity contribution is 7.92. The molecule has 6 nitrogen and oxygen atoms in total. The quantitative estimate of drug-likeness (QED) is 0.844. The zero-order valence-corrected chi connectivity index (χ0v) is 13.5. The number of amides is 1. The lowest BCUT2D eigenvalue weighted by molar-refractivity contribution is 0.0715. The van der Waals surface area contributed by atoms with Gasteiger partial charge in [-0.15, -0.1) is 0 Å². The fourth-order valence-corrected chi connectivity index (χ4v) is 4.78. The van der Waals surface area contributed by atoms with Crippen LogP contribution in [0.5, 0.6) is 0 Å². The van der Waals surface area contributed by atoms with Crippen LogP contribution in [0.4, 0.5) is 0 Å². The van der Waals surface area contributed by atoms with E-state index in [1.165, 1.54) is 0 Å². The lowest BCUT2D eigenvalue weighted by Gasteiger charge is -2.31. The first kappa shape index (κ1) is 16.0. The van der Waals surface area contributed by atoms with E-state index < -0.39 is 9.84 Å². The maximum absolute atomic E-state index is 12.2. The van der Waals surface area contributed by atoms with E-state index in [2.05, 4.69) is 5.16 Å². The van der Waals surface area contributed by atoms with E-state index in [4.69, 9.17) is 4.52 Å². The third-order valence-electron chi connectivity index (χ3n) is 3.65. The molecule has 0 atom stereocenters. The van der Waals surface area contributed by atoms with Gasteiger partial charge in [-0.1, -0.05) is 19.0 Å². The van der Waals surface area contributed by atoms with Gasteiger partial charge in [0.05, 0.1) is 11.0 Å². The van der Waals surface area contributed by atoms with Gasteiger partial charge in [-0.25, -0.2) is 8.42 Å². The third-order valence-corrected chi connectivity index (χ3v) is 6.27. The SMILES string of the molecule is Cc1cc(C(=O)N2CCC(S(=O)(=O)CC(C)C)CC2)no1. The molecule has 1 amide bonds. The van der Waals surface area contributed by atoms with Crippen LogP contribution >= 0.6 is 0 Å². The molecule has 1 aromatic rings. The van der Waals surface area contributed by atoms with Crippen molar-refractivity contribution in [1.82, 2.24) is 10.1 Å². The number of aromatic nitrogens is 1. The second kappa shape index (κ2) is 6.17. The molecule has 2 heterocycles. The van der Waals surface area contributed by atoms with Crippen LogP contribution in [-0.4, -0.2) is 48.5 Å². The number of hydrogen-bond donors (Lipinski definition) is 0. The number of nitrogens with zero attached hydrogens (tertiary/aromatic N) is 2. The molecule has 0 radical (unpaired) electrons. The lowest BCUT2D eigenvalue weighted by Crippen LogP contribution is -2.43. The van der Waals surface area contributed by atoms with E-state index in [0.29, 0.717) is 31.7 Å². The van der Waals surface area contributed by atoms with Gasteiger partial charge in [0.2, 0.25) is 0 Å². The molecule has 1 fully saturated rings. The van der Waals surface area contributed by atoms with Crippen LogP contribution in [-0.2, 0) is 9.84 Å². The Morgan fingerprint density at radius 1 is 1.43 bits per heavy atom. The van der Waals surface area contributed by atoms with Gasteiger partial charge >= 0.3 is 0 Å². The summed E-state index contributed by atoms with van der Waals surface area (Å²) in [7, 11) is -3.06. The molecule has 118 valence electrons. The lowest BCUT2D eigenvalue weighted by atomic mass is 10.1. The first-order valence-electron chi connectivity index (χ1n) is 7.23. The molecule has 0 bridgehead atoms. The van der Waals surface area contributed by atoms with Gasteiger partial charge in [0.15, 0.2) is 15.5 Å². The first-order chi connectivity index (χ1) is 9.79. The molecule has 0 aromatic carbocycles. The minimum atomic E-state index is -3.06. The van der Waals surface area contributed by atoms with Crippen LogP contribution < -0.4 is 0 Å². The van der Waals surface area contributed by atoms with E-state index in [1.54, 1.807) is 17.9 Å². The Balaban J connectivity index is 1.96. The molecule has 1 aromatic heterocycles. The normalized spacial score (nSPS) is 17.4. The van der Waals surface area contributed by atoms with Crippen molar-refractivity contribution in [3.05, 3.63) is 17.5 Å². The van der Waals surface area contributed by atoms with E-state index in [0.717, 1.165) is 0 Å². The van der Waals surface area contributed by atoms with Crippen LogP contribution in [0.3, 0.4) is 0 Å². The first-order valence-corrected chi connectivity index (χ1v) is 8.95. The van der Waals surface area contributed by atoms with Crippen molar-refractivity contribution < 1.29 is 17.7 Å². The fourth-order valence-electron chi connectivity index (χ4n) is 2.65. The molecular formula is C14H22N2O4S. The van der Waals surface area contributed by atoms with Gasteiger partial charge in [0.25, 0.3) is 5.91 Å². The molecule has 2 rings (SSSR count). The largest absolute Gasteiger partial charge is 0.361 e. The van der Waals surface area contributed by atoms with Crippen molar-refractivity contribution in [2.24, 2.45) is 5.92 Å². The molecule has 0 saturated carbocycles. The van der Waals surface area contributed by atoms with Crippen LogP contribution in [0.15, 0.2) is 10.6 Å². The van der Waals surface area contributed by atoms with Crippen LogP contribution in [0.25, 0.3) is 0 Å². The Hall–Kier alpha value is -1.37.